The van der Waals surface area contributed by atoms with Crippen LogP contribution in [0.2, 0.25) is 0 Å². The van der Waals surface area contributed by atoms with Gasteiger partial charge in [-0.2, -0.15) is 18.3 Å². The highest BCUT2D eigenvalue weighted by molar-refractivity contribution is 5.50. The van der Waals surface area contributed by atoms with Crippen molar-refractivity contribution in [1.29, 1.82) is 0 Å². The van der Waals surface area contributed by atoms with Crippen molar-refractivity contribution in [3.8, 4) is 0 Å². The fourth-order valence-electron chi connectivity index (χ4n) is 2.10. The molecule has 1 heterocycles. The van der Waals surface area contributed by atoms with Crippen LogP contribution in [-0.4, -0.2) is 35.6 Å². The fraction of sp³-hybridized carbons (Fsp3) is 0.750. The van der Waals surface area contributed by atoms with Crippen LogP contribution in [0.3, 0.4) is 0 Å². The molecule has 0 amide bonds. The van der Waals surface area contributed by atoms with Gasteiger partial charge in [-0.3, -0.25) is 4.68 Å². The third-order valence-electron chi connectivity index (χ3n) is 2.92. The molecule has 0 radical (unpaired) electrons. The number of alkyl halides is 3. The lowest BCUT2D eigenvalue weighted by Crippen LogP contribution is -2.36. The molecule has 1 aromatic rings. The number of halogens is 3. The molecule has 19 heavy (non-hydrogen) atoms. The molecule has 1 N–H and O–H groups in total. The number of anilines is 1. The van der Waals surface area contributed by atoms with Crippen molar-refractivity contribution in [2.24, 2.45) is 7.05 Å². The van der Waals surface area contributed by atoms with Gasteiger partial charge in [-0.05, 0) is 20.4 Å². The molecule has 0 saturated carbocycles. The summed E-state index contributed by atoms with van der Waals surface area (Å²) >= 11 is 0. The Kier molecular flexibility index (Phi) is 5.22. The Bertz CT molecular complexity index is 412. The molecule has 0 saturated heterocycles. The highest BCUT2D eigenvalue weighted by Gasteiger charge is 2.32. The van der Waals surface area contributed by atoms with E-state index in [1.165, 1.54) is 9.58 Å². The van der Waals surface area contributed by atoms with Gasteiger partial charge in [0.15, 0.2) is 0 Å². The second-order valence-corrected chi connectivity index (χ2v) is 4.42. The molecule has 7 heteroatoms. The molecule has 4 nitrogen and oxygen atoms in total. The van der Waals surface area contributed by atoms with E-state index in [-0.39, 0.29) is 6.54 Å². The highest BCUT2D eigenvalue weighted by atomic mass is 19.4. The molecule has 1 aromatic heterocycles. The summed E-state index contributed by atoms with van der Waals surface area (Å²) in [5.41, 5.74) is 1.59. The predicted molar refractivity (Wildman–Crippen MR) is 69.3 cm³/mol. The van der Waals surface area contributed by atoms with Crippen molar-refractivity contribution in [2.45, 2.75) is 33.5 Å². The smallest absolute Gasteiger partial charge is 0.348 e. The maximum atomic E-state index is 12.6. The van der Waals surface area contributed by atoms with Crippen molar-refractivity contribution in [1.82, 2.24) is 15.1 Å². The lowest BCUT2D eigenvalue weighted by atomic mass is 10.2. The Morgan fingerprint density at radius 3 is 2.42 bits per heavy atom. The summed E-state index contributed by atoms with van der Waals surface area (Å²) in [4.78, 5) is 1.31. The van der Waals surface area contributed by atoms with Crippen molar-refractivity contribution >= 4 is 5.82 Å². The number of rotatable bonds is 6. The van der Waals surface area contributed by atoms with Crippen molar-refractivity contribution in [2.75, 3.05) is 24.5 Å². The minimum Gasteiger partial charge on any atom is -0.348 e. The molecular weight excluding hydrogens is 257 g/mol. The van der Waals surface area contributed by atoms with Gasteiger partial charge in [-0.15, -0.1) is 0 Å². The normalized spacial score (nSPS) is 11.9. The Morgan fingerprint density at radius 2 is 1.95 bits per heavy atom. The lowest BCUT2D eigenvalue weighted by molar-refractivity contribution is -0.119. The molecule has 0 fully saturated rings. The van der Waals surface area contributed by atoms with Gasteiger partial charge < -0.3 is 10.2 Å². The Balaban J connectivity index is 3.07. The van der Waals surface area contributed by atoms with Crippen LogP contribution in [0.25, 0.3) is 0 Å². The van der Waals surface area contributed by atoms with Crippen LogP contribution < -0.4 is 10.2 Å². The maximum absolute atomic E-state index is 12.6. The predicted octanol–water partition coefficient (Wildman–Crippen LogP) is 2.23. The van der Waals surface area contributed by atoms with Crippen molar-refractivity contribution in [3.05, 3.63) is 11.3 Å². The molecule has 0 aromatic carbocycles. The monoisotopic (exact) mass is 278 g/mol. The third kappa shape index (κ3) is 4.12. The first-order chi connectivity index (χ1) is 8.80. The van der Waals surface area contributed by atoms with Crippen molar-refractivity contribution in [3.63, 3.8) is 0 Å². The largest absolute Gasteiger partial charge is 0.405 e. The summed E-state index contributed by atoms with van der Waals surface area (Å²) in [7, 11) is 1.68. The standard InChI is InChI=1S/C12H21F3N4/c1-5-16-7-10-9(3)17-18(4)11(10)19(6-2)8-12(13,14)15/h16H,5-8H2,1-4H3. The average Bonchev–Trinajstić information content (AvgIpc) is 2.57. The van der Waals surface area contributed by atoms with Crippen LogP contribution in [-0.2, 0) is 13.6 Å². The van der Waals surface area contributed by atoms with E-state index in [0.29, 0.717) is 12.4 Å². The Labute approximate surface area is 111 Å². The number of hydrogen-bond acceptors (Lipinski definition) is 3. The van der Waals surface area contributed by atoms with E-state index in [2.05, 4.69) is 10.4 Å². The third-order valence-corrected chi connectivity index (χ3v) is 2.92. The highest BCUT2D eigenvalue weighted by Crippen LogP contribution is 2.26. The van der Waals surface area contributed by atoms with E-state index in [9.17, 15) is 13.2 Å². The quantitative estimate of drug-likeness (QED) is 0.866. The topological polar surface area (TPSA) is 33.1 Å². The second kappa shape index (κ2) is 6.27. The first-order valence-electron chi connectivity index (χ1n) is 6.35. The Morgan fingerprint density at radius 1 is 1.32 bits per heavy atom. The van der Waals surface area contributed by atoms with E-state index < -0.39 is 12.7 Å². The summed E-state index contributed by atoms with van der Waals surface area (Å²) < 4.78 is 39.4. The van der Waals surface area contributed by atoms with Crippen LogP contribution in [0.5, 0.6) is 0 Å². The van der Waals surface area contributed by atoms with Crippen LogP contribution in [0.1, 0.15) is 25.1 Å². The molecule has 0 unspecified atom stereocenters. The van der Waals surface area contributed by atoms with Gasteiger partial charge >= 0.3 is 6.18 Å². The summed E-state index contributed by atoms with van der Waals surface area (Å²) in [6, 6.07) is 0. The van der Waals surface area contributed by atoms with Gasteiger partial charge in [0.05, 0.1) is 5.69 Å². The molecule has 0 bridgehead atoms. The molecule has 0 spiro atoms. The number of aryl methyl sites for hydroxylation is 2. The summed E-state index contributed by atoms with van der Waals surface area (Å²) in [6.45, 7) is 6.11. The zero-order valence-electron chi connectivity index (χ0n) is 11.8. The van der Waals surface area contributed by atoms with Crippen LogP contribution in [0.4, 0.5) is 19.0 Å². The number of nitrogens with one attached hydrogen (secondary N) is 1. The molecular formula is C12H21F3N4. The van der Waals surface area contributed by atoms with Gasteiger partial charge in [0.1, 0.15) is 12.4 Å². The van der Waals surface area contributed by atoms with E-state index in [1.54, 1.807) is 14.0 Å². The SMILES string of the molecule is CCNCc1c(C)nn(C)c1N(CC)CC(F)(F)F. The lowest BCUT2D eigenvalue weighted by Gasteiger charge is -2.25. The summed E-state index contributed by atoms with van der Waals surface area (Å²) in [5.74, 6) is 0.540. The van der Waals surface area contributed by atoms with E-state index in [4.69, 9.17) is 0 Å². The van der Waals surface area contributed by atoms with E-state index in [1.807, 2.05) is 13.8 Å². The maximum Gasteiger partial charge on any atom is 0.405 e. The van der Waals surface area contributed by atoms with Crippen LogP contribution in [0.15, 0.2) is 0 Å². The van der Waals surface area contributed by atoms with Gasteiger partial charge in [0.2, 0.25) is 0 Å². The Hall–Kier alpha value is -1.24. The van der Waals surface area contributed by atoms with Gasteiger partial charge in [0.25, 0.3) is 0 Å². The second-order valence-electron chi connectivity index (χ2n) is 4.42. The van der Waals surface area contributed by atoms with Crippen molar-refractivity contribution < 1.29 is 13.2 Å². The molecule has 0 aliphatic rings. The molecule has 110 valence electrons. The number of aromatic nitrogens is 2. The van der Waals surface area contributed by atoms with Crippen LogP contribution in [0, 0.1) is 6.92 Å². The van der Waals surface area contributed by atoms with E-state index in [0.717, 1.165) is 17.8 Å². The zero-order valence-corrected chi connectivity index (χ0v) is 11.8. The van der Waals surface area contributed by atoms with Gasteiger partial charge in [-0.1, -0.05) is 6.92 Å². The van der Waals surface area contributed by atoms with Gasteiger partial charge in [-0.25, -0.2) is 0 Å². The molecule has 0 atom stereocenters. The van der Waals surface area contributed by atoms with Crippen LogP contribution >= 0.6 is 0 Å². The van der Waals surface area contributed by atoms with Gasteiger partial charge in [0, 0.05) is 25.7 Å². The number of hydrogen-bond donors (Lipinski definition) is 1. The first kappa shape index (κ1) is 15.8. The van der Waals surface area contributed by atoms with E-state index >= 15 is 0 Å². The zero-order chi connectivity index (χ0) is 14.6. The minimum atomic E-state index is -4.22. The summed E-state index contributed by atoms with van der Waals surface area (Å²) in [5, 5.41) is 7.37. The molecule has 0 aliphatic carbocycles. The molecule has 0 aliphatic heterocycles. The first-order valence-corrected chi connectivity index (χ1v) is 6.35. The summed E-state index contributed by atoms with van der Waals surface area (Å²) in [6.07, 6.45) is -4.22. The fourth-order valence-corrected chi connectivity index (χ4v) is 2.10. The molecule has 1 rings (SSSR count). The number of nitrogens with zero attached hydrogens (tertiary/aromatic N) is 3. The average molecular weight is 278 g/mol. The minimum absolute atomic E-state index is 0.289.